The molecule has 1 atom stereocenters. The lowest BCUT2D eigenvalue weighted by Gasteiger charge is -2.24. The van der Waals surface area contributed by atoms with Gasteiger partial charge in [-0.15, -0.1) is 0 Å². The molecule has 3 rings (SSSR count). The Kier molecular flexibility index (Phi) is 4.04. The minimum atomic E-state index is -0.224. The first-order chi connectivity index (χ1) is 9.58. The van der Waals surface area contributed by atoms with Crippen LogP contribution in [0.4, 0.5) is 10.1 Å². The third-order valence-electron chi connectivity index (χ3n) is 4.64. The highest BCUT2D eigenvalue weighted by Crippen LogP contribution is 2.43. The molecule has 0 aromatic heterocycles. The molecule has 110 valence electrons. The van der Waals surface area contributed by atoms with Crippen molar-refractivity contribution in [2.24, 2.45) is 0 Å². The number of aryl methyl sites for hydroxylation is 1. The van der Waals surface area contributed by atoms with Crippen molar-refractivity contribution in [1.29, 1.82) is 0 Å². The highest BCUT2D eigenvalue weighted by Gasteiger charge is 2.41. The zero-order valence-corrected chi connectivity index (χ0v) is 13.4. The van der Waals surface area contributed by atoms with E-state index in [0.717, 1.165) is 24.2 Å². The lowest BCUT2D eigenvalue weighted by atomic mass is 9.98. The molecule has 1 heterocycles. The molecular formula is C16H21BrFNO. The van der Waals surface area contributed by atoms with E-state index in [2.05, 4.69) is 21.2 Å². The van der Waals surface area contributed by atoms with Gasteiger partial charge in [0.25, 0.3) is 0 Å². The second-order valence-electron chi connectivity index (χ2n) is 6.13. The summed E-state index contributed by atoms with van der Waals surface area (Å²) in [6, 6.07) is 3.37. The molecule has 4 heteroatoms. The van der Waals surface area contributed by atoms with Gasteiger partial charge in [-0.25, -0.2) is 4.39 Å². The standard InChI is InChI=1S/C16H21BrFNO/c1-11-8-13(17)14(18)9-15(11)19-10-12-4-7-16(20-12)5-2-3-6-16/h8-9,12,19H,2-7,10H2,1H3. The average molecular weight is 342 g/mol. The summed E-state index contributed by atoms with van der Waals surface area (Å²) in [6.45, 7) is 2.75. The zero-order valence-electron chi connectivity index (χ0n) is 11.8. The molecule has 0 bridgehead atoms. The number of hydrogen-bond donors (Lipinski definition) is 1. The van der Waals surface area contributed by atoms with Crippen LogP contribution in [-0.2, 0) is 4.74 Å². The van der Waals surface area contributed by atoms with Crippen molar-refractivity contribution in [2.75, 3.05) is 11.9 Å². The number of nitrogens with one attached hydrogen (secondary N) is 1. The van der Waals surface area contributed by atoms with Crippen LogP contribution in [-0.4, -0.2) is 18.2 Å². The predicted octanol–water partition coefficient (Wildman–Crippen LogP) is 4.80. The Balaban J connectivity index is 1.59. The Morgan fingerprint density at radius 1 is 1.35 bits per heavy atom. The average Bonchev–Trinajstić information content (AvgIpc) is 3.03. The Bertz CT molecular complexity index is 499. The van der Waals surface area contributed by atoms with E-state index in [0.29, 0.717) is 4.47 Å². The van der Waals surface area contributed by atoms with E-state index in [1.807, 2.05) is 13.0 Å². The van der Waals surface area contributed by atoms with Crippen molar-refractivity contribution in [2.45, 2.75) is 57.2 Å². The first-order valence-electron chi connectivity index (χ1n) is 7.45. The first-order valence-corrected chi connectivity index (χ1v) is 8.25. The molecule has 2 nitrogen and oxygen atoms in total. The number of anilines is 1. The van der Waals surface area contributed by atoms with Gasteiger partial charge in [0.2, 0.25) is 0 Å². The lowest BCUT2D eigenvalue weighted by Crippen LogP contribution is -2.28. The van der Waals surface area contributed by atoms with Gasteiger partial charge in [0.1, 0.15) is 5.82 Å². The van der Waals surface area contributed by atoms with Crippen LogP contribution >= 0.6 is 15.9 Å². The fourth-order valence-electron chi connectivity index (χ4n) is 3.49. The van der Waals surface area contributed by atoms with E-state index in [9.17, 15) is 4.39 Å². The molecule has 1 aliphatic carbocycles. The van der Waals surface area contributed by atoms with Crippen LogP contribution in [0.5, 0.6) is 0 Å². The Morgan fingerprint density at radius 3 is 2.85 bits per heavy atom. The van der Waals surface area contributed by atoms with Crippen molar-refractivity contribution >= 4 is 21.6 Å². The summed E-state index contributed by atoms with van der Waals surface area (Å²) in [6.07, 6.45) is 7.61. The van der Waals surface area contributed by atoms with Gasteiger partial charge < -0.3 is 10.1 Å². The molecule has 1 spiro atoms. The van der Waals surface area contributed by atoms with E-state index in [1.54, 1.807) is 6.07 Å². The van der Waals surface area contributed by atoms with Gasteiger partial charge in [-0.3, -0.25) is 0 Å². The Morgan fingerprint density at radius 2 is 2.10 bits per heavy atom. The molecule has 1 saturated heterocycles. The maximum atomic E-state index is 13.6. The highest BCUT2D eigenvalue weighted by atomic mass is 79.9. The summed E-state index contributed by atoms with van der Waals surface area (Å²) < 4.78 is 20.4. The summed E-state index contributed by atoms with van der Waals surface area (Å²) in [4.78, 5) is 0. The zero-order chi connectivity index (χ0) is 14.2. The van der Waals surface area contributed by atoms with E-state index in [1.165, 1.54) is 32.1 Å². The van der Waals surface area contributed by atoms with Crippen molar-refractivity contribution in [3.05, 3.63) is 28.0 Å². The summed E-state index contributed by atoms with van der Waals surface area (Å²) in [5, 5.41) is 3.34. The van der Waals surface area contributed by atoms with Crippen LogP contribution < -0.4 is 5.32 Å². The number of halogens is 2. The molecule has 1 N–H and O–H groups in total. The molecule has 1 aromatic carbocycles. The highest BCUT2D eigenvalue weighted by molar-refractivity contribution is 9.10. The minimum absolute atomic E-state index is 0.173. The summed E-state index contributed by atoms with van der Waals surface area (Å²) in [7, 11) is 0. The second-order valence-corrected chi connectivity index (χ2v) is 6.99. The molecule has 0 amide bonds. The molecular weight excluding hydrogens is 321 g/mol. The molecule has 0 radical (unpaired) electrons. The van der Waals surface area contributed by atoms with Crippen LogP contribution in [0.3, 0.4) is 0 Å². The third kappa shape index (κ3) is 2.86. The van der Waals surface area contributed by atoms with Crippen molar-refractivity contribution in [3.8, 4) is 0 Å². The molecule has 2 aliphatic rings. The maximum Gasteiger partial charge on any atom is 0.139 e. The summed E-state index contributed by atoms with van der Waals surface area (Å²) in [5.41, 5.74) is 2.08. The van der Waals surface area contributed by atoms with Crippen LogP contribution in [0.15, 0.2) is 16.6 Å². The molecule has 1 aromatic rings. The van der Waals surface area contributed by atoms with E-state index >= 15 is 0 Å². The Hall–Kier alpha value is -0.610. The first kappa shape index (κ1) is 14.3. The van der Waals surface area contributed by atoms with Crippen LogP contribution in [0, 0.1) is 12.7 Å². The van der Waals surface area contributed by atoms with Gasteiger partial charge in [0.05, 0.1) is 16.2 Å². The minimum Gasteiger partial charge on any atom is -0.382 e. The van der Waals surface area contributed by atoms with Gasteiger partial charge in [-0.1, -0.05) is 12.8 Å². The SMILES string of the molecule is Cc1cc(Br)c(F)cc1NCC1CCC2(CCCC2)O1. The monoisotopic (exact) mass is 341 g/mol. The fraction of sp³-hybridized carbons (Fsp3) is 0.625. The van der Waals surface area contributed by atoms with E-state index in [-0.39, 0.29) is 17.5 Å². The topological polar surface area (TPSA) is 21.3 Å². The molecule has 2 fully saturated rings. The Labute approximate surface area is 128 Å². The fourth-order valence-corrected chi connectivity index (χ4v) is 3.94. The largest absolute Gasteiger partial charge is 0.382 e. The van der Waals surface area contributed by atoms with Gasteiger partial charge in [0.15, 0.2) is 0 Å². The van der Waals surface area contributed by atoms with Crippen molar-refractivity contribution in [3.63, 3.8) is 0 Å². The number of rotatable bonds is 3. The third-order valence-corrected chi connectivity index (χ3v) is 5.25. The van der Waals surface area contributed by atoms with Crippen LogP contribution in [0.2, 0.25) is 0 Å². The van der Waals surface area contributed by atoms with Crippen LogP contribution in [0.25, 0.3) is 0 Å². The van der Waals surface area contributed by atoms with Crippen molar-refractivity contribution < 1.29 is 9.13 Å². The van der Waals surface area contributed by atoms with Gasteiger partial charge >= 0.3 is 0 Å². The van der Waals surface area contributed by atoms with Crippen LogP contribution in [0.1, 0.15) is 44.1 Å². The van der Waals surface area contributed by atoms with Gasteiger partial charge in [-0.05, 0) is 66.2 Å². The number of benzene rings is 1. The van der Waals surface area contributed by atoms with E-state index in [4.69, 9.17) is 4.74 Å². The van der Waals surface area contributed by atoms with Crippen molar-refractivity contribution in [1.82, 2.24) is 0 Å². The molecule has 1 aliphatic heterocycles. The molecule has 20 heavy (non-hydrogen) atoms. The number of hydrogen-bond acceptors (Lipinski definition) is 2. The molecule has 1 saturated carbocycles. The summed E-state index contributed by atoms with van der Waals surface area (Å²) >= 11 is 3.21. The normalized spacial score (nSPS) is 24.4. The summed E-state index contributed by atoms with van der Waals surface area (Å²) in [5.74, 6) is -0.224. The second kappa shape index (κ2) is 5.64. The molecule has 1 unspecified atom stereocenters. The predicted molar refractivity (Wildman–Crippen MR) is 82.6 cm³/mol. The maximum absolute atomic E-state index is 13.6. The quantitative estimate of drug-likeness (QED) is 0.852. The number of ether oxygens (including phenoxy) is 1. The smallest absolute Gasteiger partial charge is 0.139 e. The lowest BCUT2D eigenvalue weighted by molar-refractivity contribution is -0.0307. The van der Waals surface area contributed by atoms with Gasteiger partial charge in [-0.2, -0.15) is 0 Å². The van der Waals surface area contributed by atoms with Gasteiger partial charge in [0, 0.05) is 12.2 Å². The van der Waals surface area contributed by atoms with E-state index < -0.39 is 0 Å².